The van der Waals surface area contributed by atoms with E-state index >= 15 is 0 Å². The predicted molar refractivity (Wildman–Crippen MR) is 62.4 cm³/mol. The Hall–Kier alpha value is -0.450. The smallest absolute Gasteiger partial charge is 0.123 e. The average molecular weight is 226 g/mol. The number of likely N-dealkylation sites (N-methyl/N-ethyl adjacent to an activating group) is 1. The lowest BCUT2D eigenvalue weighted by Gasteiger charge is -2.28. The van der Waals surface area contributed by atoms with E-state index < -0.39 is 0 Å². The first-order valence-electron chi connectivity index (χ1n) is 5.42. The molecule has 1 atom stereocenters. The topological polar surface area (TPSA) is 25.4 Å². The molecule has 0 saturated carbocycles. The van der Waals surface area contributed by atoms with E-state index in [-0.39, 0.29) is 6.10 Å². The number of thiazole rings is 1. The van der Waals surface area contributed by atoms with Gasteiger partial charge in [-0.2, -0.15) is 0 Å². The summed E-state index contributed by atoms with van der Waals surface area (Å²) in [4.78, 5) is 6.93. The van der Waals surface area contributed by atoms with Crippen LogP contribution in [0.25, 0.3) is 0 Å². The third kappa shape index (κ3) is 2.56. The molecule has 2 rings (SSSR count). The van der Waals surface area contributed by atoms with Gasteiger partial charge in [0.15, 0.2) is 0 Å². The highest BCUT2D eigenvalue weighted by Crippen LogP contribution is 2.27. The van der Waals surface area contributed by atoms with E-state index in [1.807, 2.05) is 0 Å². The lowest BCUT2D eigenvalue weighted by molar-refractivity contribution is -0.0210. The summed E-state index contributed by atoms with van der Waals surface area (Å²) >= 11 is 1.72. The quantitative estimate of drug-likeness (QED) is 0.773. The van der Waals surface area contributed by atoms with Gasteiger partial charge in [0.25, 0.3) is 0 Å². The Kier molecular flexibility index (Phi) is 3.38. The van der Waals surface area contributed by atoms with Crippen LogP contribution in [0.3, 0.4) is 0 Å². The summed E-state index contributed by atoms with van der Waals surface area (Å²) < 4.78 is 5.73. The average Bonchev–Trinajstić information content (AvgIpc) is 2.66. The first-order valence-corrected chi connectivity index (χ1v) is 6.30. The zero-order valence-electron chi connectivity index (χ0n) is 9.56. The lowest BCUT2D eigenvalue weighted by atomic mass is 10.2. The molecule has 0 aromatic carbocycles. The molecule has 2 heterocycles. The van der Waals surface area contributed by atoms with E-state index in [1.54, 1.807) is 11.3 Å². The zero-order chi connectivity index (χ0) is 10.8. The van der Waals surface area contributed by atoms with E-state index in [1.165, 1.54) is 5.69 Å². The molecule has 1 unspecified atom stereocenters. The summed E-state index contributed by atoms with van der Waals surface area (Å²) in [5.74, 6) is 0.510. The van der Waals surface area contributed by atoms with Crippen molar-refractivity contribution in [1.82, 2.24) is 9.88 Å². The van der Waals surface area contributed by atoms with Crippen molar-refractivity contribution >= 4 is 11.3 Å². The van der Waals surface area contributed by atoms with Crippen molar-refractivity contribution in [1.29, 1.82) is 0 Å². The van der Waals surface area contributed by atoms with Gasteiger partial charge in [-0.25, -0.2) is 4.98 Å². The first-order chi connectivity index (χ1) is 7.16. The Morgan fingerprint density at radius 1 is 1.60 bits per heavy atom. The second-order valence-corrected chi connectivity index (χ2v) is 5.28. The fraction of sp³-hybridized carbons (Fsp3) is 0.727. The molecule has 1 aromatic heterocycles. The number of aromatic nitrogens is 1. The van der Waals surface area contributed by atoms with Gasteiger partial charge < -0.3 is 9.64 Å². The summed E-state index contributed by atoms with van der Waals surface area (Å²) in [7, 11) is 2.13. The van der Waals surface area contributed by atoms with Crippen molar-refractivity contribution < 1.29 is 4.74 Å². The molecule has 0 N–H and O–H groups in total. The van der Waals surface area contributed by atoms with Crippen LogP contribution in [0.1, 0.15) is 36.6 Å². The largest absolute Gasteiger partial charge is 0.368 e. The maximum Gasteiger partial charge on any atom is 0.123 e. The van der Waals surface area contributed by atoms with Gasteiger partial charge >= 0.3 is 0 Å². The minimum atomic E-state index is 0.182. The highest BCUT2D eigenvalue weighted by Gasteiger charge is 2.22. The fourth-order valence-corrected chi connectivity index (χ4v) is 2.66. The molecule has 0 amide bonds. The Morgan fingerprint density at radius 3 is 3.00 bits per heavy atom. The second kappa shape index (κ2) is 4.60. The molecule has 1 aliphatic heterocycles. The molecule has 3 nitrogen and oxygen atoms in total. The molecule has 0 bridgehead atoms. The first kappa shape index (κ1) is 11.0. The zero-order valence-corrected chi connectivity index (χ0v) is 10.4. The standard InChI is InChI=1S/C11H18N2OS/c1-8(2)9-7-15-11(12-9)10-6-13(3)4-5-14-10/h7-8,10H,4-6H2,1-3H3. The number of nitrogens with zero attached hydrogens (tertiary/aromatic N) is 2. The molecule has 0 radical (unpaired) electrons. The van der Waals surface area contributed by atoms with Crippen LogP contribution in [-0.2, 0) is 4.74 Å². The molecular weight excluding hydrogens is 208 g/mol. The van der Waals surface area contributed by atoms with Gasteiger partial charge in [0.1, 0.15) is 11.1 Å². The highest BCUT2D eigenvalue weighted by molar-refractivity contribution is 7.09. The SMILES string of the molecule is CC(C)c1csc(C2CN(C)CCO2)n1. The van der Waals surface area contributed by atoms with E-state index in [0.717, 1.165) is 24.7 Å². The van der Waals surface area contributed by atoms with Gasteiger partial charge in [-0.15, -0.1) is 11.3 Å². The molecule has 4 heteroatoms. The van der Waals surface area contributed by atoms with Crippen LogP contribution in [0.5, 0.6) is 0 Å². The van der Waals surface area contributed by atoms with E-state index in [4.69, 9.17) is 4.74 Å². The summed E-state index contributed by atoms with van der Waals surface area (Å²) in [6, 6.07) is 0. The van der Waals surface area contributed by atoms with Crippen LogP contribution < -0.4 is 0 Å². The van der Waals surface area contributed by atoms with Gasteiger partial charge in [0, 0.05) is 18.5 Å². The van der Waals surface area contributed by atoms with E-state index in [2.05, 4.69) is 36.2 Å². The number of ether oxygens (including phenoxy) is 1. The molecule has 15 heavy (non-hydrogen) atoms. The Morgan fingerprint density at radius 2 is 2.40 bits per heavy atom. The highest BCUT2D eigenvalue weighted by atomic mass is 32.1. The maximum absolute atomic E-state index is 5.73. The van der Waals surface area contributed by atoms with Crippen LogP contribution in [0, 0.1) is 0 Å². The molecule has 1 saturated heterocycles. The van der Waals surface area contributed by atoms with Crippen molar-refractivity contribution in [3.63, 3.8) is 0 Å². The minimum absolute atomic E-state index is 0.182. The molecule has 0 aliphatic carbocycles. The van der Waals surface area contributed by atoms with Gasteiger partial charge in [-0.05, 0) is 13.0 Å². The third-order valence-electron chi connectivity index (χ3n) is 2.68. The summed E-state index contributed by atoms with van der Waals surface area (Å²) in [6.45, 7) is 7.15. The second-order valence-electron chi connectivity index (χ2n) is 4.39. The number of hydrogen-bond donors (Lipinski definition) is 0. The van der Waals surface area contributed by atoms with E-state index in [0.29, 0.717) is 5.92 Å². The predicted octanol–water partition coefficient (Wildman–Crippen LogP) is 2.27. The van der Waals surface area contributed by atoms with Gasteiger partial charge in [-0.3, -0.25) is 0 Å². The molecule has 0 spiro atoms. The summed E-state index contributed by atoms with van der Waals surface area (Å²) in [5, 5.41) is 3.28. The van der Waals surface area contributed by atoms with Crippen LogP contribution in [0.15, 0.2) is 5.38 Å². The number of morpholine rings is 1. The van der Waals surface area contributed by atoms with Crippen LogP contribution in [0.2, 0.25) is 0 Å². The molecule has 84 valence electrons. The molecule has 1 aromatic rings. The summed E-state index contributed by atoms with van der Waals surface area (Å²) in [5.41, 5.74) is 1.19. The fourth-order valence-electron chi connectivity index (χ4n) is 1.64. The van der Waals surface area contributed by atoms with Crippen LogP contribution in [0.4, 0.5) is 0 Å². The molecule has 1 aliphatic rings. The molecular formula is C11H18N2OS. The van der Waals surface area contributed by atoms with Gasteiger partial charge in [0.2, 0.25) is 0 Å². The molecule has 1 fully saturated rings. The number of hydrogen-bond acceptors (Lipinski definition) is 4. The van der Waals surface area contributed by atoms with E-state index in [9.17, 15) is 0 Å². The Labute approximate surface area is 95.1 Å². The van der Waals surface area contributed by atoms with Crippen molar-refractivity contribution in [3.05, 3.63) is 16.1 Å². The third-order valence-corrected chi connectivity index (χ3v) is 3.63. The van der Waals surface area contributed by atoms with Crippen molar-refractivity contribution in [3.8, 4) is 0 Å². The summed E-state index contributed by atoms with van der Waals surface area (Å²) in [6.07, 6.45) is 0.182. The monoisotopic (exact) mass is 226 g/mol. The van der Waals surface area contributed by atoms with Gasteiger partial charge in [0.05, 0.1) is 12.3 Å². The van der Waals surface area contributed by atoms with Crippen molar-refractivity contribution in [2.45, 2.75) is 25.9 Å². The Bertz CT molecular complexity index is 324. The van der Waals surface area contributed by atoms with Crippen LogP contribution in [-0.4, -0.2) is 36.6 Å². The Balaban J connectivity index is 2.08. The lowest BCUT2D eigenvalue weighted by Crippen LogP contribution is -2.35. The van der Waals surface area contributed by atoms with Crippen LogP contribution >= 0.6 is 11.3 Å². The number of rotatable bonds is 2. The van der Waals surface area contributed by atoms with Crippen molar-refractivity contribution in [2.24, 2.45) is 0 Å². The normalized spacial score (nSPS) is 23.6. The maximum atomic E-state index is 5.73. The van der Waals surface area contributed by atoms with Gasteiger partial charge in [-0.1, -0.05) is 13.8 Å². The van der Waals surface area contributed by atoms with Crippen molar-refractivity contribution in [2.75, 3.05) is 26.7 Å². The minimum Gasteiger partial charge on any atom is -0.368 e.